The van der Waals surface area contributed by atoms with E-state index in [1.165, 1.54) is 0 Å². The molecule has 0 amide bonds. The number of aryl methyl sites for hydroxylation is 1. The van der Waals surface area contributed by atoms with Gasteiger partial charge in [0.15, 0.2) is 17.1 Å². The molecular formula is C20H27N5O3. The Labute approximate surface area is 163 Å². The van der Waals surface area contributed by atoms with Gasteiger partial charge in [-0.2, -0.15) is 10.1 Å². The molecule has 3 rings (SSSR count). The molecule has 28 heavy (non-hydrogen) atoms. The van der Waals surface area contributed by atoms with Gasteiger partial charge in [0.2, 0.25) is 5.95 Å². The Morgan fingerprint density at radius 2 is 1.82 bits per heavy atom. The average molecular weight is 385 g/mol. The lowest BCUT2D eigenvalue weighted by Gasteiger charge is -2.21. The minimum Gasteiger partial charge on any atom is -0.493 e. The Morgan fingerprint density at radius 3 is 2.43 bits per heavy atom. The standard InChI is InChI=1S/C20H27N5O3/c1-11-8-15(27-6)16(28-7)9-13(11)12(2)22-19-23-17-14(18(26)24-19)10-21-25(17)20(3,4)5/h8-10,12H,1-7H3,(H2,22,23,24,26). The number of H-pyrrole nitrogens is 1. The Morgan fingerprint density at radius 1 is 1.18 bits per heavy atom. The van der Waals surface area contributed by atoms with Crippen molar-refractivity contribution in [2.24, 2.45) is 0 Å². The monoisotopic (exact) mass is 385 g/mol. The second-order valence-electron chi connectivity index (χ2n) is 7.81. The van der Waals surface area contributed by atoms with Gasteiger partial charge >= 0.3 is 0 Å². The molecule has 0 aliphatic heterocycles. The zero-order valence-corrected chi connectivity index (χ0v) is 17.4. The predicted octanol–water partition coefficient (Wildman–Crippen LogP) is 3.37. The van der Waals surface area contributed by atoms with E-state index < -0.39 is 0 Å². The normalized spacial score (nSPS) is 12.8. The predicted molar refractivity (Wildman–Crippen MR) is 109 cm³/mol. The molecule has 0 fully saturated rings. The highest BCUT2D eigenvalue weighted by molar-refractivity contribution is 5.74. The fraction of sp³-hybridized carbons (Fsp3) is 0.450. The third-order valence-corrected chi connectivity index (χ3v) is 4.67. The Kier molecular flexibility index (Phi) is 5.06. The summed E-state index contributed by atoms with van der Waals surface area (Å²) in [6.07, 6.45) is 1.55. The molecule has 0 aliphatic carbocycles. The van der Waals surface area contributed by atoms with Gasteiger partial charge < -0.3 is 14.8 Å². The van der Waals surface area contributed by atoms with Crippen LogP contribution in [0.2, 0.25) is 0 Å². The van der Waals surface area contributed by atoms with E-state index >= 15 is 0 Å². The van der Waals surface area contributed by atoms with Crippen molar-refractivity contribution < 1.29 is 9.47 Å². The van der Waals surface area contributed by atoms with E-state index in [-0.39, 0.29) is 17.1 Å². The number of aromatic nitrogens is 4. The number of hydrogen-bond acceptors (Lipinski definition) is 6. The van der Waals surface area contributed by atoms with Gasteiger partial charge in [0, 0.05) is 0 Å². The van der Waals surface area contributed by atoms with E-state index in [9.17, 15) is 4.79 Å². The fourth-order valence-corrected chi connectivity index (χ4v) is 3.22. The van der Waals surface area contributed by atoms with E-state index in [2.05, 4.69) is 20.4 Å². The molecule has 1 aromatic carbocycles. The van der Waals surface area contributed by atoms with Gasteiger partial charge in [0.05, 0.1) is 32.0 Å². The molecule has 2 aromatic heterocycles. The fourth-order valence-electron chi connectivity index (χ4n) is 3.22. The number of hydrogen-bond donors (Lipinski definition) is 2. The highest BCUT2D eigenvalue weighted by Gasteiger charge is 2.21. The number of nitrogens with one attached hydrogen (secondary N) is 2. The summed E-state index contributed by atoms with van der Waals surface area (Å²) in [5.74, 6) is 1.72. The van der Waals surface area contributed by atoms with Gasteiger partial charge in [-0.1, -0.05) is 0 Å². The topological polar surface area (TPSA) is 94.1 Å². The summed E-state index contributed by atoms with van der Waals surface area (Å²) in [5.41, 5.74) is 2.10. The van der Waals surface area contributed by atoms with Crippen molar-refractivity contribution in [3.05, 3.63) is 39.8 Å². The maximum absolute atomic E-state index is 12.5. The summed E-state index contributed by atoms with van der Waals surface area (Å²) in [6, 6.07) is 3.74. The molecule has 2 heterocycles. The lowest BCUT2D eigenvalue weighted by atomic mass is 10.0. The largest absolute Gasteiger partial charge is 0.493 e. The SMILES string of the molecule is COc1cc(C)c(C(C)Nc2nc3c(cnn3C(C)(C)C)c(=O)[nH]2)cc1OC. The number of nitrogens with zero attached hydrogens (tertiary/aromatic N) is 3. The lowest BCUT2D eigenvalue weighted by Crippen LogP contribution is -2.24. The quantitative estimate of drug-likeness (QED) is 0.699. The number of rotatable bonds is 5. The first-order valence-corrected chi connectivity index (χ1v) is 9.13. The van der Waals surface area contributed by atoms with Gasteiger partial charge in [-0.25, -0.2) is 4.68 Å². The second-order valence-corrected chi connectivity index (χ2v) is 7.81. The first kappa shape index (κ1) is 19.7. The molecule has 0 bridgehead atoms. The molecule has 0 spiro atoms. The van der Waals surface area contributed by atoms with Crippen LogP contribution in [-0.4, -0.2) is 34.0 Å². The smallest absolute Gasteiger partial charge is 0.263 e. The number of benzene rings is 1. The molecule has 8 nitrogen and oxygen atoms in total. The van der Waals surface area contributed by atoms with Crippen LogP contribution in [-0.2, 0) is 5.54 Å². The van der Waals surface area contributed by atoms with Crippen LogP contribution in [0.4, 0.5) is 5.95 Å². The van der Waals surface area contributed by atoms with Crippen LogP contribution < -0.4 is 20.3 Å². The van der Waals surface area contributed by atoms with Crippen molar-refractivity contribution in [3.63, 3.8) is 0 Å². The third kappa shape index (κ3) is 3.54. The number of fused-ring (bicyclic) bond motifs is 1. The van der Waals surface area contributed by atoms with Crippen LogP contribution in [0.5, 0.6) is 11.5 Å². The average Bonchev–Trinajstić information content (AvgIpc) is 3.06. The molecule has 0 saturated heterocycles. The first-order chi connectivity index (χ1) is 13.2. The van der Waals surface area contributed by atoms with Crippen LogP contribution in [0, 0.1) is 6.92 Å². The highest BCUT2D eigenvalue weighted by Crippen LogP contribution is 2.33. The van der Waals surface area contributed by atoms with Crippen LogP contribution in [0.3, 0.4) is 0 Å². The number of aromatic amines is 1. The zero-order chi connectivity index (χ0) is 20.6. The molecule has 2 N–H and O–H groups in total. The minimum absolute atomic E-state index is 0.119. The summed E-state index contributed by atoms with van der Waals surface area (Å²) in [6.45, 7) is 10.1. The molecule has 0 radical (unpaired) electrons. The van der Waals surface area contributed by atoms with Crippen molar-refractivity contribution in [2.45, 2.75) is 46.2 Å². The van der Waals surface area contributed by atoms with Gasteiger partial charge in [-0.3, -0.25) is 9.78 Å². The summed E-state index contributed by atoms with van der Waals surface area (Å²) >= 11 is 0. The molecule has 1 atom stereocenters. The van der Waals surface area contributed by atoms with Crippen LogP contribution in [0.1, 0.15) is 44.9 Å². The molecule has 8 heteroatoms. The van der Waals surface area contributed by atoms with Crippen molar-refractivity contribution in [1.82, 2.24) is 19.7 Å². The first-order valence-electron chi connectivity index (χ1n) is 9.13. The van der Waals surface area contributed by atoms with Gasteiger partial charge in [0.25, 0.3) is 5.56 Å². The third-order valence-electron chi connectivity index (χ3n) is 4.67. The van der Waals surface area contributed by atoms with E-state index in [1.54, 1.807) is 25.1 Å². The Balaban J connectivity index is 2.00. The number of methoxy groups -OCH3 is 2. The summed E-state index contributed by atoms with van der Waals surface area (Å²) in [4.78, 5) is 19.9. The minimum atomic E-state index is -0.286. The van der Waals surface area contributed by atoms with Crippen molar-refractivity contribution in [1.29, 1.82) is 0 Å². The van der Waals surface area contributed by atoms with E-state index in [1.807, 2.05) is 46.8 Å². The maximum Gasteiger partial charge on any atom is 0.263 e. The molecule has 3 aromatic rings. The van der Waals surface area contributed by atoms with Gasteiger partial charge in [-0.15, -0.1) is 0 Å². The zero-order valence-electron chi connectivity index (χ0n) is 17.4. The van der Waals surface area contributed by atoms with Crippen molar-refractivity contribution in [2.75, 3.05) is 19.5 Å². The van der Waals surface area contributed by atoms with Crippen LogP contribution >= 0.6 is 0 Å². The Hall–Kier alpha value is -3.03. The van der Waals surface area contributed by atoms with E-state index in [4.69, 9.17) is 9.47 Å². The maximum atomic E-state index is 12.5. The van der Waals surface area contributed by atoms with Crippen LogP contribution in [0.25, 0.3) is 11.0 Å². The van der Waals surface area contributed by atoms with Crippen molar-refractivity contribution in [3.8, 4) is 11.5 Å². The van der Waals surface area contributed by atoms with Gasteiger partial charge in [0.1, 0.15) is 5.39 Å². The number of anilines is 1. The lowest BCUT2D eigenvalue weighted by molar-refractivity contribution is 0.354. The summed E-state index contributed by atoms with van der Waals surface area (Å²) in [7, 11) is 3.22. The molecular weight excluding hydrogens is 358 g/mol. The Bertz CT molecular complexity index is 1060. The molecule has 0 aliphatic rings. The molecule has 150 valence electrons. The van der Waals surface area contributed by atoms with E-state index in [0.717, 1.165) is 11.1 Å². The highest BCUT2D eigenvalue weighted by atomic mass is 16.5. The second kappa shape index (κ2) is 7.18. The molecule has 1 unspecified atom stereocenters. The summed E-state index contributed by atoms with van der Waals surface area (Å²) < 4.78 is 12.5. The summed E-state index contributed by atoms with van der Waals surface area (Å²) in [5, 5.41) is 8.09. The number of ether oxygens (including phenoxy) is 2. The van der Waals surface area contributed by atoms with Crippen molar-refractivity contribution >= 4 is 17.0 Å². The van der Waals surface area contributed by atoms with E-state index in [0.29, 0.717) is 28.5 Å². The molecule has 0 saturated carbocycles. The van der Waals surface area contributed by atoms with Crippen LogP contribution in [0.15, 0.2) is 23.1 Å². The van der Waals surface area contributed by atoms with Gasteiger partial charge in [-0.05, 0) is 57.9 Å².